The molecule has 0 amide bonds. The van der Waals surface area contributed by atoms with Crippen molar-refractivity contribution >= 4 is 0 Å². The zero-order valence-electron chi connectivity index (χ0n) is 13.4. The lowest BCUT2D eigenvalue weighted by atomic mass is 10.3. The summed E-state index contributed by atoms with van der Waals surface area (Å²) in [7, 11) is 0. The molecule has 1 aromatic heterocycles. The molecular weight excluding hydrogens is 345 g/mol. The Hall–Kier alpha value is -2.49. The maximum atomic E-state index is 12.1. The fourth-order valence-corrected chi connectivity index (χ4v) is 1.81. The van der Waals surface area contributed by atoms with Gasteiger partial charge in [0.25, 0.3) is 0 Å². The van der Waals surface area contributed by atoms with E-state index in [1.807, 2.05) is 6.92 Å². The lowest BCUT2D eigenvalue weighted by Gasteiger charge is -2.08. The molecule has 0 spiro atoms. The largest absolute Gasteiger partial charge is 0.573 e. The highest BCUT2D eigenvalue weighted by molar-refractivity contribution is 5.36. The summed E-state index contributed by atoms with van der Waals surface area (Å²) in [6, 6.07) is 4.60. The molecule has 10 heteroatoms. The van der Waals surface area contributed by atoms with Crippen LogP contribution in [0.15, 0.2) is 33.5 Å². The van der Waals surface area contributed by atoms with E-state index in [0.29, 0.717) is 13.2 Å². The number of rotatable bonds is 9. The molecule has 0 radical (unpaired) electrons. The Labute approximate surface area is 140 Å². The normalized spacial score (nSPS) is 11.5. The van der Waals surface area contributed by atoms with Gasteiger partial charge in [-0.2, -0.15) is 4.68 Å². The third kappa shape index (κ3) is 6.14. The molecule has 2 aromatic rings. The molecule has 25 heavy (non-hydrogen) atoms. The first-order valence-corrected chi connectivity index (χ1v) is 7.56. The van der Waals surface area contributed by atoms with Crippen molar-refractivity contribution in [3.8, 4) is 17.5 Å². The standard InChI is InChI=1S/C15H17F3N2O5/c1-2-3-8-22-9-10-23-13-19-20(14(21)24-13)11-4-6-12(7-5-11)25-15(16,17)18/h4-7H,2-3,8-10H2,1H3. The summed E-state index contributed by atoms with van der Waals surface area (Å²) in [6.07, 6.45) is -3.07. The molecular formula is C15H17F3N2O5. The summed E-state index contributed by atoms with van der Waals surface area (Å²) in [4.78, 5) is 11.7. The van der Waals surface area contributed by atoms with Crippen molar-refractivity contribution < 1.29 is 31.8 Å². The highest BCUT2D eigenvalue weighted by Crippen LogP contribution is 2.23. The number of benzene rings is 1. The molecule has 0 unspecified atom stereocenters. The van der Waals surface area contributed by atoms with Gasteiger partial charge in [0.2, 0.25) is 0 Å². The topological polar surface area (TPSA) is 75.7 Å². The molecule has 0 aliphatic carbocycles. The number of hydrogen-bond donors (Lipinski definition) is 0. The average Bonchev–Trinajstić information content (AvgIpc) is 2.91. The van der Waals surface area contributed by atoms with E-state index in [-0.39, 0.29) is 18.4 Å². The molecule has 2 rings (SSSR count). The molecule has 138 valence electrons. The van der Waals surface area contributed by atoms with E-state index in [9.17, 15) is 18.0 Å². The molecule has 0 aliphatic heterocycles. The summed E-state index contributed by atoms with van der Waals surface area (Å²) >= 11 is 0. The Morgan fingerprint density at radius 1 is 1.16 bits per heavy atom. The van der Waals surface area contributed by atoms with Crippen molar-refractivity contribution in [2.45, 2.75) is 26.1 Å². The number of nitrogens with zero attached hydrogens (tertiary/aromatic N) is 2. The SMILES string of the molecule is CCCCOCCOc1nn(-c2ccc(OC(F)(F)F)cc2)c(=O)o1. The van der Waals surface area contributed by atoms with Crippen LogP contribution < -0.4 is 15.2 Å². The van der Waals surface area contributed by atoms with Gasteiger partial charge in [-0.15, -0.1) is 13.2 Å². The summed E-state index contributed by atoms with van der Waals surface area (Å²) in [5.74, 6) is -1.24. The van der Waals surface area contributed by atoms with Crippen molar-refractivity contribution in [1.82, 2.24) is 9.78 Å². The van der Waals surface area contributed by atoms with Crippen molar-refractivity contribution in [2.75, 3.05) is 19.8 Å². The third-order valence-electron chi connectivity index (χ3n) is 2.94. The van der Waals surface area contributed by atoms with Crippen molar-refractivity contribution in [1.29, 1.82) is 0 Å². The molecule has 0 fully saturated rings. The van der Waals surface area contributed by atoms with E-state index in [4.69, 9.17) is 13.9 Å². The number of ether oxygens (including phenoxy) is 3. The van der Waals surface area contributed by atoms with Crippen LogP contribution in [0.3, 0.4) is 0 Å². The van der Waals surface area contributed by atoms with E-state index in [1.54, 1.807) is 0 Å². The van der Waals surface area contributed by atoms with Crippen LogP contribution in [0.1, 0.15) is 19.8 Å². The lowest BCUT2D eigenvalue weighted by molar-refractivity contribution is -0.274. The summed E-state index contributed by atoms with van der Waals surface area (Å²) in [6.45, 7) is 3.13. The van der Waals surface area contributed by atoms with E-state index in [0.717, 1.165) is 29.7 Å². The monoisotopic (exact) mass is 362 g/mol. The zero-order valence-corrected chi connectivity index (χ0v) is 13.4. The first-order valence-electron chi connectivity index (χ1n) is 7.56. The van der Waals surface area contributed by atoms with Gasteiger partial charge in [0, 0.05) is 6.61 Å². The predicted molar refractivity (Wildman–Crippen MR) is 80.0 cm³/mol. The molecule has 0 saturated heterocycles. The van der Waals surface area contributed by atoms with Crippen LogP contribution in [0, 0.1) is 0 Å². The molecule has 0 atom stereocenters. The Morgan fingerprint density at radius 2 is 1.88 bits per heavy atom. The minimum Gasteiger partial charge on any atom is -0.447 e. The second-order valence-corrected chi connectivity index (χ2v) is 4.90. The lowest BCUT2D eigenvalue weighted by Crippen LogP contribution is -2.17. The highest BCUT2D eigenvalue weighted by Gasteiger charge is 2.31. The van der Waals surface area contributed by atoms with Crippen LogP contribution in [0.4, 0.5) is 13.2 Å². The van der Waals surface area contributed by atoms with E-state index >= 15 is 0 Å². The van der Waals surface area contributed by atoms with Gasteiger partial charge in [0.1, 0.15) is 12.4 Å². The molecule has 1 heterocycles. The van der Waals surface area contributed by atoms with Crippen LogP contribution in [-0.4, -0.2) is 36.0 Å². The van der Waals surface area contributed by atoms with Crippen LogP contribution in [0.5, 0.6) is 11.8 Å². The molecule has 0 saturated carbocycles. The molecule has 7 nitrogen and oxygen atoms in total. The quantitative estimate of drug-likeness (QED) is 0.639. The summed E-state index contributed by atoms with van der Waals surface area (Å²) < 4.78 is 56.2. The molecule has 0 bridgehead atoms. The second-order valence-electron chi connectivity index (χ2n) is 4.90. The van der Waals surface area contributed by atoms with Crippen LogP contribution in [0.25, 0.3) is 5.69 Å². The number of hydrogen-bond acceptors (Lipinski definition) is 6. The third-order valence-corrected chi connectivity index (χ3v) is 2.94. The first kappa shape index (κ1) is 18.8. The number of halogens is 3. The zero-order chi connectivity index (χ0) is 18.3. The van der Waals surface area contributed by atoms with E-state index in [1.165, 1.54) is 12.1 Å². The second kappa shape index (κ2) is 8.56. The van der Waals surface area contributed by atoms with Gasteiger partial charge in [0.05, 0.1) is 12.3 Å². The van der Waals surface area contributed by atoms with Crippen molar-refractivity contribution in [3.05, 3.63) is 34.8 Å². The fourth-order valence-electron chi connectivity index (χ4n) is 1.81. The van der Waals surface area contributed by atoms with E-state index < -0.39 is 17.9 Å². The number of alkyl halides is 3. The summed E-state index contributed by atoms with van der Waals surface area (Å²) in [5.41, 5.74) is 0.206. The van der Waals surface area contributed by atoms with Crippen LogP contribution in [-0.2, 0) is 4.74 Å². The van der Waals surface area contributed by atoms with Crippen molar-refractivity contribution in [3.63, 3.8) is 0 Å². The van der Waals surface area contributed by atoms with E-state index in [2.05, 4.69) is 9.84 Å². The maximum Gasteiger partial charge on any atom is 0.573 e. The Bertz CT molecular complexity index is 709. The van der Waals surface area contributed by atoms with Crippen LogP contribution in [0.2, 0.25) is 0 Å². The highest BCUT2D eigenvalue weighted by atomic mass is 19.4. The van der Waals surface area contributed by atoms with Gasteiger partial charge >= 0.3 is 18.2 Å². The molecule has 1 aromatic carbocycles. The number of unbranched alkanes of at least 4 members (excludes halogenated alkanes) is 1. The van der Waals surface area contributed by atoms with Crippen LogP contribution >= 0.6 is 0 Å². The average molecular weight is 362 g/mol. The minimum absolute atomic E-state index is 0.155. The van der Waals surface area contributed by atoms with Crippen molar-refractivity contribution in [2.24, 2.45) is 0 Å². The summed E-state index contributed by atoms with van der Waals surface area (Å²) in [5, 5.41) is 3.81. The number of aromatic nitrogens is 2. The first-order chi connectivity index (χ1) is 11.9. The maximum absolute atomic E-state index is 12.1. The van der Waals surface area contributed by atoms with Gasteiger partial charge in [0.15, 0.2) is 0 Å². The van der Waals surface area contributed by atoms with Gasteiger partial charge in [-0.25, -0.2) is 4.79 Å². The molecule has 0 aliphatic rings. The minimum atomic E-state index is -4.79. The van der Waals surface area contributed by atoms with Gasteiger partial charge in [-0.1, -0.05) is 18.4 Å². The Kier molecular flexibility index (Phi) is 6.45. The Balaban J connectivity index is 1.94. The fraction of sp³-hybridized carbons (Fsp3) is 0.467. The Morgan fingerprint density at radius 3 is 2.52 bits per heavy atom. The van der Waals surface area contributed by atoms with Gasteiger partial charge in [-0.05, 0) is 30.7 Å². The van der Waals surface area contributed by atoms with Gasteiger partial charge < -0.3 is 18.6 Å². The molecule has 0 N–H and O–H groups in total. The predicted octanol–water partition coefficient (Wildman–Crippen LogP) is 2.92. The van der Waals surface area contributed by atoms with Gasteiger partial charge in [-0.3, -0.25) is 0 Å². The smallest absolute Gasteiger partial charge is 0.447 e.